The highest BCUT2D eigenvalue weighted by molar-refractivity contribution is 5.87. The van der Waals surface area contributed by atoms with E-state index < -0.39 is 23.3 Å². The van der Waals surface area contributed by atoms with Gasteiger partial charge in [0.05, 0.1) is 2.74 Å². The minimum absolute atomic E-state index is 0.0633. The second-order valence-electron chi connectivity index (χ2n) is 6.92. The molecule has 4 rings (SSSR count). The molecule has 0 saturated heterocycles. The lowest BCUT2D eigenvalue weighted by Gasteiger charge is -2.48. The second-order valence-corrected chi connectivity index (χ2v) is 6.92. The second kappa shape index (κ2) is 4.25. The average molecular weight is 290 g/mol. The van der Waals surface area contributed by atoms with Gasteiger partial charge in [-0.25, -0.2) is 0 Å². The number of hydrogen-bond donors (Lipinski definition) is 2. The highest BCUT2D eigenvalue weighted by Gasteiger charge is 2.54. The number of carbonyl (C=O) groups is 1. The van der Waals surface area contributed by atoms with Gasteiger partial charge in [0.25, 0.3) is 0 Å². The van der Waals surface area contributed by atoms with Gasteiger partial charge in [-0.3, -0.25) is 4.79 Å². The summed E-state index contributed by atoms with van der Waals surface area (Å²) >= 11 is 0. The fraction of sp³-hybridized carbons (Fsp3) is 0.611. The summed E-state index contributed by atoms with van der Waals surface area (Å²) in [7, 11) is 0. The maximum atomic E-state index is 12.6. The number of phenolic OH excluding ortho intramolecular Hbond substituents is 2. The highest BCUT2D eigenvalue weighted by atomic mass is 16.3. The Morgan fingerprint density at radius 1 is 1.29 bits per heavy atom. The van der Waals surface area contributed by atoms with Crippen LogP contribution in [0.5, 0.6) is 11.5 Å². The third-order valence-corrected chi connectivity index (χ3v) is 6.00. The lowest BCUT2D eigenvalue weighted by atomic mass is 9.55. The number of Topliss-reactive ketones (excluding diaryl/α,β-unsaturated/α-hetero) is 1. The number of hydrogen-bond acceptors (Lipinski definition) is 3. The van der Waals surface area contributed by atoms with Gasteiger partial charge < -0.3 is 10.2 Å². The first-order valence-corrected chi connectivity index (χ1v) is 7.68. The standard InChI is InChI=1S/C18H22O3/c1-18-7-6-11-12(14(18)4-5-17(18)21)3-2-10-8-15(19)16(20)9-13(10)11/h8-9,11-12,14,19-20H,2-7H2,1H3/i5D2,8D,9D. The molecular weight excluding hydrogens is 264 g/mol. The molecule has 2 N–H and O–H groups in total. The van der Waals surface area contributed by atoms with Crippen LogP contribution in [0, 0.1) is 17.3 Å². The van der Waals surface area contributed by atoms with Crippen molar-refractivity contribution in [2.75, 3.05) is 0 Å². The van der Waals surface area contributed by atoms with E-state index >= 15 is 0 Å². The molecule has 4 atom stereocenters. The quantitative estimate of drug-likeness (QED) is 0.719. The fourth-order valence-electron chi connectivity index (χ4n) is 4.79. The molecule has 2 fully saturated rings. The summed E-state index contributed by atoms with van der Waals surface area (Å²) in [5.74, 6) is -1.45. The van der Waals surface area contributed by atoms with E-state index in [2.05, 4.69) is 0 Å². The molecule has 0 spiro atoms. The van der Waals surface area contributed by atoms with Crippen LogP contribution >= 0.6 is 0 Å². The molecule has 21 heavy (non-hydrogen) atoms. The maximum Gasteiger partial charge on any atom is 0.157 e. The first kappa shape index (κ1) is 9.50. The Bertz CT molecular complexity index is 791. The van der Waals surface area contributed by atoms with Gasteiger partial charge in [-0.1, -0.05) is 6.92 Å². The van der Waals surface area contributed by atoms with E-state index in [-0.39, 0.29) is 42.0 Å². The average Bonchev–Trinajstić information content (AvgIpc) is 2.77. The van der Waals surface area contributed by atoms with Crippen molar-refractivity contribution < 1.29 is 20.5 Å². The summed E-state index contributed by atoms with van der Waals surface area (Å²) in [4.78, 5) is 12.6. The first-order valence-electron chi connectivity index (χ1n) is 9.68. The summed E-state index contributed by atoms with van der Waals surface area (Å²) in [5.41, 5.74) is 0.587. The molecule has 3 aliphatic carbocycles. The van der Waals surface area contributed by atoms with E-state index in [9.17, 15) is 15.0 Å². The Labute approximate surface area is 130 Å². The van der Waals surface area contributed by atoms with E-state index in [1.54, 1.807) is 0 Å². The van der Waals surface area contributed by atoms with Crippen molar-refractivity contribution in [3.8, 4) is 11.5 Å². The number of ketones is 1. The van der Waals surface area contributed by atoms with Crippen LogP contribution in [0.25, 0.3) is 0 Å². The van der Waals surface area contributed by atoms with Gasteiger partial charge in [-0.15, -0.1) is 0 Å². The number of benzene rings is 1. The topological polar surface area (TPSA) is 57.5 Å². The monoisotopic (exact) mass is 290 g/mol. The highest BCUT2D eigenvalue weighted by Crippen LogP contribution is 2.59. The smallest absolute Gasteiger partial charge is 0.157 e. The molecule has 0 radical (unpaired) electrons. The van der Waals surface area contributed by atoms with E-state index in [0.717, 1.165) is 6.42 Å². The van der Waals surface area contributed by atoms with Gasteiger partial charge >= 0.3 is 0 Å². The molecular formula is C18H22O3. The molecule has 3 heteroatoms. The molecule has 0 aliphatic heterocycles. The van der Waals surface area contributed by atoms with E-state index in [1.165, 1.54) is 0 Å². The molecule has 3 aliphatic rings. The van der Waals surface area contributed by atoms with Crippen molar-refractivity contribution in [3.05, 3.63) is 23.2 Å². The Kier molecular flexibility index (Phi) is 1.92. The number of phenols is 2. The van der Waals surface area contributed by atoms with Gasteiger partial charge in [-0.05, 0) is 73.1 Å². The molecule has 0 aromatic heterocycles. The zero-order valence-corrected chi connectivity index (χ0v) is 12.1. The van der Waals surface area contributed by atoms with Crippen molar-refractivity contribution in [1.82, 2.24) is 0 Å². The minimum Gasteiger partial charge on any atom is -0.504 e. The van der Waals surface area contributed by atoms with E-state index in [1.807, 2.05) is 6.92 Å². The first-order chi connectivity index (χ1) is 11.6. The third-order valence-electron chi connectivity index (χ3n) is 6.00. The lowest BCUT2D eigenvalue weighted by molar-refractivity contribution is -0.129. The molecule has 2 saturated carbocycles. The van der Waals surface area contributed by atoms with Crippen LogP contribution < -0.4 is 0 Å². The number of fused-ring (bicyclic) bond motifs is 5. The lowest BCUT2D eigenvalue weighted by Crippen LogP contribution is -2.42. The van der Waals surface area contributed by atoms with Gasteiger partial charge in [0.2, 0.25) is 0 Å². The molecule has 0 bridgehead atoms. The molecule has 112 valence electrons. The van der Waals surface area contributed by atoms with Gasteiger partial charge in [0.1, 0.15) is 5.78 Å². The maximum absolute atomic E-state index is 12.6. The van der Waals surface area contributed by atoms with Gasteiger partial charge in [0.15, 0.2) is 11.5 Å². The van der Waals surface area contributed by atoms with Crippen molar-refractivity contribution in [2.45, 2.75) is 51.3 Å². The fourth-order valence-corrected chi connectivity index (χ4v) is 4.79. The Hall–Kier alpha value is -1.51. The van der Waals surface area contributed by atoms with Crippen LogP contribution in [0.1, 0.15) is 61.5 Å². The van der Waals surface area contributed by atoms with Crippen LogP contribution in [0.15, 0.2) is 12.1 Å². The van der Waals surface area contributed by atoms with Crippen molar-refractivity contribution in [3.63, 3.8) is 0 Å². The summed E-state index contributed by atoms with van der Waals surface area (Å²) < 4.78 is 32.5. The van der Waals surface area contributed by atoms with Crippen molar-refractivity contribution >= 4 is 5.78 Å². The Balaban J connectivity index is 1.82. The Morgan fingerprint density at radius 2 is 2.05 bits per heavy atom. The van der Waals surface area contributed by atoms with Crippen LogP contribution in [0.3, 0.4) is 0 Å². The predicted octanol–water partition coefficient (Wildman–Crippen LogP) is 3.52. The number of rotatable bonds is 0. The number of carbonyl (C=O) groups excluding carboxylic acids is 1. The summed E-state index contributed by atoms with van der Waals surface area (Å²) in [5, 5.41) is 19.9. The third kappa shape index (κ3) is 1.69. The molecule has 3 nitrogen and oxygen atoms in total. The molecule has 0 heterocycles. The SMILES string of the molecule is [2H]c1c(O)c(O)c([2H])c2c1CCC1C2CCC2(C)C(=O)C([2H])([2H])CC12. The molecule has 4 unspecified atom stereocenters. The molecule has 1 aromatic carbocycles. The summed E-state index contributed by atoms with van der Waals surface area (Å²) in [6.07, 6.45) is 0.850. The van der Waals surface area contributed by atoms with E-state index in [0.29, 0.717) is 30.4 Å². The van der Waals surface area contributed by atoms with Crippen LogP contribution in [0.2, 0.25) is 0 Å². The van der Waals surface area contributed by atoms with Gasteiger partial charge in [-0.2, -0.15) is 0 Å². The largest absolute Gasteiger partial charge is 0.504 e. The summed E-state index contributed by atoms with van der Waals surface area (Å²) in [6.45, 7) is 1.88. The van der Waals surface area contributed by atoms with Crippen LogP contribution in [-0.2, 0) is 11.2 Å². The molecule has 1 aromatic rings. The summed E-state index contributed by atoms with van der Waals surface area (Å²) in [6, 6.07) is -0.220. The van der Waals surface area contributed by atoms with E-state index in [4.69, 9.17) is 5.48 Å². The van der Waals surface area contributed by atoms with Crippen LogP contribution in [0.4, 0.5) is 0 Å². The minimum atomic E-state index is -1.80. The van der Waals surface area contributed by atoms with Crippen molar-refractivity contribution in [1.29, 1.82) is 0 Å². The van der Waals surface area contributed by atoms with Gasteiger partial charge in [0, 0.05) is 14.5 Å². The predicted molar refractivity (Wildman–Crippen MR) is 79.4 cm³/mol. The Morgan fingerprint density at radius 3 is 2.86 bits per heavy atom. The zero-order chi connectivity index (χ0) is 18.3. The molecule has 0 amide bonds. The number of aromatic hydroxyl groups is 2. The van der Waals surface area contributed by atoms with Crippen molar-refractivity contribution in [2.24, 2.45) is 17.3 Å². The zero-order valence-electron chi connectivity index (χ0n) is 16.1. The van der Waals surface area contributed by atoms with Crippen LogP contribution in [-0.4, -0.2) is 16.0 Å². The normalized spacial score (nSPS) is 42.9.